The highest BCUT2D eigenvalue weighted by molar-refractivity contribution is 4.88. The zero-order valence-corrected chi connectivity index (χ0v) is 9.89. The number of ether oxygens (including phenoxy) is 4. The topological polar surface area (TPSA) is 60.7 Å². The van der Waals surface area contributed by atoms with E-state index < -0.39 is 12.6 Å². The average Bonchev–Trinajstić information content (AvgIpc) is 2.28. The van der Waals surface area contributed by atoms with Crippen LogP contribution in [0.1, 0.15) is 6.92 Å². The van der Waals surface area contributed by atoms with Crippen molar-refractivity contribution in [3.05, 3.63) is 0 Å². The Morgan fingerprint density at radius 3 is 1.40 bits per heavy atom. The molecule has 0 heterocycles. The second kappa shape index (κ2) is 7.60. The maximum Gasteiger partial charge on any atom is 0.165 e. The Morgan fingerprint density at radius 2 is 1.20 bits per heavy atom. The predicted molar refractivity (Wildman–Crippen MR) is 53.9 cm³/mol. The van der Waals surface area contributed by atoms with E-state index in [2.05, 4.69) is 6.07 Å². The van der Waals surface area contributed by atoms with Crippen molar-refractivity contribution in [3.63, 3.8) is 0 Å². The SMILES string of the molecule is COC(OC)C(C(OC)OC)[C@@H](C)C#N. The summed E-state index contributed by atoms with van der Waals surface area (Å²) in [5, 5.41) is 8.91. The second-order valence-electron chi connectivity index (χ2n) is 3.17. The molecule has 0 rings (SSSR count). The molecular formula is C10H19NO4. The van der Waals surface area contributed by atoms with E-state index >= 15 is 0 Å². The summed E-state index contributed by atoms with van der Waals surface area (Å²) < 4.78 is 20.5. The molecule has 88 valence electrons. The third-order valence-corrected chi connectivity index (χ3v) is 2.34. The molecule has 0 saturated heterocycles. The lowest BCUT2D eigenvalue weighted by atomic mass is 9.94. The van der Waals surface area contributed by atoms with Gasteiger partial charge < -0.3 is 18.9 Å². The Kier molecular flexibility index (Phi) is 7.26. The highest BCUT2D eigenvalue weighted by Crippen LogP contribution is 2.24. The van der Waals surface area contributed by atoms with Gasteiger partial charge in [0.2, 0.25) is 0 Å². The van der Waals surface area contributed by atoms with Crippen LogP contribution in [0.3, 0.4) is 0 Å². The molecule has 0 aromatic rings. The summed E-state index contributed by atoms with van der Waals surface area (Å²) in [5.74, 6) is -0.584. The highest BCUT2D eigenvalue weighted by atomic mass is 16.7. The lowest BCUT2D eigenvalue weighted by molar-refractivity contribution is -0.229. The summed E-state index contributed by atoms with van der Waals surface area (Å²) >= 11 is 0. The van der Waals surface area contributed by atoms with Gasteiger partial charge in [-0.15, -0.1) is 0 Å². The van der Waals surface area contributed by atoms with E-state index in [9.17, 15) is 0 Å². The molecule has 0 aromatic heterocycles. The van der Waals surface area contributed by atoms with Crippen molar-refractivity contribution >= 4 is 0 Å². The van der Waals surface area contributed by atoms with Crippen molar-refractivity contribution in [1.29, 1.82) is 5.26 Å². The van der Waals surface area contributed by atoms with E-state index in [1.54, 1.807) is 6.92 Å². The Hall–Kier alpha value is -0.670. The van der Waals surface area contributed by atoms with Gasteiger partial charge in [-0.1, -0.05) is 0 Å². The van der Waals surface area contributed by atoms with E-state index in [0.717, 1.165) is 0 Å². The van der Waals surface area contributed by atoms with E-state index in [4.69, 9.17) is 24.2 Å². The molecule has 0 aliphatic heterocycles. The Morgan fingerprint density at radius 1 is 0.867 bits per heavy atom. The normalized spacial score (nSPS) is 13.5. The first-order chi connectivity index (χ1) is 7.15. The van der Waals surface area contributed by atoms with Crippen LogP contribution < -0.4 is 0 Å². The minimum absolute atomic E-state index is 0.292. The number of methoxy groups -OCH3 is 4. The Labute approximate surface area is 90.9 Å². The maximum atomic E-state index is 8.91. The fourth-order valence-corrected chi connectivity index (χ4v) is 1.51. The fraction of sp³-hybridized carbons (Fsp3) is 0.900. The molecule has 5 heteroatoms. The summed E-state index contributed by atoms with van der Waals surface area (Å²) in [6.45, 7) is 1.78. The molecule has 0 unspecified atom stereocenters. The molecule has 1 atom stereocenters. The molecule has 0 radical (unpaired) electrons. The molecular weight excluding hydrogens is 198 g/mol. The van der Waals surface area contributed by atoms with Crippen molar-refractivity contribution in [2.75, 3.05) is 28.4 Å². The minimum Gasteiger partial charge on any atom is -0.355 e. The molecule has 5 nitrogen and oxygen atoms in total. The first-order valence-electron chi connectivity index (χ1n) is 4.67. The smallest absolute Gasteiger partial charge is 0.165 e. The molecule has 0 aliphatic carbocycles. The molecule has 0 fully saturated rings. The van der Waals surface area contributed by atoms with Crippen LogP contribution in [0.25, 0.3) is 0 Å². The lowest BCUT2D eigenvalue weighted by Gasteiger charge is -2.31. The van der Waals surface area contributed by atoms with Crippen molar-refractivity contribution < 1.29 is 18.9 Å². The second-order valence-corrected chi connectivity index (χ2v) is 3.17. The Balaban J connectivity index is 4.77. The molecule has 15 heavy (non-hydrogen) atoms. The van der Waals surface area contributed by atoms with Gasteiger partial charge in [-0.25, -0.2) is 0 Å². The molecule has 0 aromatic carbocycles. The van der Waals surface area contributed by atoms with Crippen LogP contribution in [0.4, 0.5) is 0 Å². The molecule has 0 N–H and O–H groups in total. The monoisotopic (exact) mass is 217 g/mol. The quantitative estimate of drug-likeness (QED) is 0.595. The summed E-state index contributed by atoms with van der Waals surface area (Å²) in [4.78, 5) is 0. The molecule has 0 saturated carbocycles. The van der Waals surface area contributed by atoms with Crippen LogP contribution in [-0.4, -0.2) is 41.0 Å². The van der Waals surface area contributed by atoms with E-state index in [-0.39, 0.29) is 11.8 Å². The molecule has 0 spiro atoms. The third kappa shape index (κ3) is 3.76. The van der Waals surface area contributed by atoms with Gasteiger partial charge in [-0.2, -0.15) is 5.26 Å². The molecule has 0 bridgehead atoms. The summed E-state index contributed by atoms with van der Waals surface area (Å²) in [6.07, 6.45) is -1.05. The van der Waals surface area contributed by atoms with E-state index in [0.29, 0.717) is 0 Å². The average molecular weight is 217 g/mol. The summed E-state index contributed by atoms with van der Waals surface area (Å²) in [5.41, 5.74) is 0. The van der Waals surface area contributed by atoms with Crippen LogP contribution in [0, 0.1) is 23.2 Å². The number of hydrogen-bond donors (Lipinski definition) is 0. The van der Waals surface area contributed by atoms with Crippen molar-refractivity contribution in [3.8, 4) is 6.07 Å². The maximum absolute atomic E-state index is 8.91. The van der Waals surface area contributed by atoms with Gasteiger partial charge in [0.15, 0.2) is 12.6 Å². The van der Waals surface area contributed by atoms with Crippen LogP contribution in [0.15, 0.2) is 0 Å². The minimum atomic E-state index is -0.524. The molecule has 0 aliphatic rings. The van der Waals surface area contributed by atoms with Crippen LogP contribution in [-0.2, 0) is 18.9 Å². The lowest BCUT2D eigenvalue weighted by Crippen LogP contribution is -2.40. The zero-order chi connectivity index (χ0) is 11.8. The zero-order valence-electron chi connectivity index (χ0n) is 9.89. The van der Waals surface area contributed by atoms with Gasteiger partial charge >= 0.3 is 0 Å². The van der Waals surface area contributed by atoms with Crippen LogP contribution in [0.5, 0.6) is 0 Å². The van der Waals surface area contributed by atoms with E-state index in [1.807, 2.05) is 0 Å². The predicted octanol–water partition coefficient (Wildman–Crippen LogP) is 1.00. The number of nitrogens with zero attached hydrogens (tertiary/aromatic N) is 1. The summed E-state index contributed by atoms with van der Waals surface area (Å²) in [7, 11) is 6.09. The van der Waals surface area contributed by atoms with Crippen molar-refractivity contribution in [2.45, 2.75) is 19.5 Å². The number of rotatable bonds is 7. The Bertz CT molecular complexity index is 184. The van der Waals surface area contributed by atoms with Gasteiger partial charge in [0.1, 0.15) is 0 Å². The van der Waals surface area contributed by atoms with Gasteiger partial charge in [-0.3, -0.25) is 0 Å². The molecule has 0 amide bonds. The van der Waals surface area contributed by atoms with Crippen LogP contribution in [0.2, 0.25) is 0 Å². The first kappa shape index (κ1) is 14.3. The number of nitriles is 1. The van der Waals surface area contributed by atoms with Gasteiger partial charge in [0.25, 0.3) is 0 Å². The summed E-state index contributed by atoms with van der Waals surface area (Å²) in [6, 6.07) is 2.14. The number of hydrogen-bond acceptors (Lipinski definition) is 5. The fourth-order valence-electron chi connectivity index (χ4n) is 1.51. The standard InChI is InChI=1S/C10H19NO4/c1-7(6-11)8(9(12-2)13-3)10(14-4)15-5/h7-10H,1-5H3/t7-/m0/s1. The van der Waals surface area contributed by atoms with Gasteiger partial charge in [0.05, 0.1) is 17.9 Å². The van der Waals surface area contributed by atoms with E-state index in [1.165, 1.54) is 28.4 Å². The third-order valence-electron chi connectivity index (χ3n) is 2.34. The highest BCUT2D eigenvalue weighted by Gasteiger charge is 2.35. The van der Waals surface area contributed by atoms with Crippen molar-refractivity contribution in [1.82, 2.24) is 0 Å². The van der Waals surface area contributed by atoms with Gasteiger partial charge in [-0.05, 0) is 6.92 Å². The van der Waals surface area contributed by atoms with Crippen molar-refractivity contribution in [2.24, 2.45) is 11.8 Å². The largest absolute Gasteiger partial charge is 0.355 e. The van der Waals surface area contributed by atoms with Gasteiger partial charge in [0, 0.05) is 28.4 Å². The first-order valence-corrected chi connectivity index (χ1v) is 4.67. The van der Waals surface area contributed by atoms with Crippen LogP contribution >= 0.6 is 0 Å².